The largest absolute Gasteiger partial charge is 0.408 e. The summed E-state index contributed by atoms with van der Waals surface area (Å²) in [6, 6.07) is 1.27. The third-order valence-corrected chi connectivity index (χ3v) is 2.62. The molecule has 1 aliphatic rings. The molecule has 1 saturated carbocycles. The van der Waals surface area contributed by atoms with Gasteiger partial charge in [-0.15, -0.1) is 0 Å². The summed E-state index contributed by atoms with van der Waals surface area (Å²) in [6.07, 6.45) is -2.22. The van der Waals surface area contributed by atoms with Crippen molar-refractivity contribution in [3.8, 4) is 0 Å². The van der Waals surface area contributed by atoms with E-state index in [0.717, 1.165) is 23.2 Å². The first-order valence-electron chi connectivity index (χ1n) is 5.27. The molecule has 0 bridgehead atoms. The maximum absolute atomic E-state index is 12.3. The molecule has 0 radical (unpaired) electrons. The smallest absolute Gasteiger partial charge is 0.323 e. The Hall–Kier alpha value is -1.04. The molecule has 3 nitrogen and oxygen atoms in total. The zero-order chi connectivity index (χ0) is 11.9. The first kappa shape index (κ1) is 11.4. The second-order valence-electron chi connectivity index (χ2n) is 4.33. The molecular weight excluding hydrogens is 219 g/mol. The van der Waals surface area contributed by atoms with E-state index in [1.165, 1.54) is 0 Å². The topological polar surface area (TPSA) is 43.8 Å². The van der Waals surface area contributed by atoms with Gasteiger partial charge in [-0.05, 0) is 25.8 Å². The lowest BCUT2D eigenvalue weighted by Gasteiger charge is -2.11. The summed E-state index contributed by atoms with van der Waals surface area (Å²) >= 11 is 0. The molecule has 1 aliphatic carbocycles. The van der Waals surface area contributed by atoms with Crippen LogP contribution in [0.1, 0.15) is 43.1 Å². The highest BCUT2D eigenvalue weighted by atomic mass is 19.4. The highest BCUT2D eigenvalue weighted by Gasteiger charge is 2.32. The molecule has 0 unspecified atom stereocenters. The Kier molecular flexibility index (Phi) is 2.69. The van der Waals surface area contributed by atoms with Crippen molar-refractivity contribution in [1.29, 1.82) is 0 Å². The second kappa shape index (κ2) is 3.76. The zero-order valence-corrected chi connectivity index (χ0v) is 8.96. The van der Waals surface area contributed by atoms with Crippen molar-refractivity contribution in [2.24, 2.45) is 5.73 Å². The summed E-state index contributed by atoms with van der Waals surface area (Å²) < 4.78 is 37.9. The van der Waals surface area contributed by atoms with E-state index in [1.807, 2.05) is 0 Å². The zero-order valence-electron chi connectivity index (χ0n) is 8.96. The molecule has 0 saturated heterocycles. The normalized spacial score (nSPS) is 18.8. The molecule has 1 heterocycles. The predicted octanol–water partition coefficient (Wildman–Crippen LogP) is 2.34. The van der Waals surface area contributed by atoms with Crippen molar-refractivity contribution in [1.82, 2.24) is 9.78 Å². The van der Waals surface area contributed by atoms with Crippen LogP contribution < -0.4 is 5.73 Å². The van der Waals surface area contributed by atoms with E-state index in [0.29, 0.717) is 11.6 Å². The van der Waals surface area contributed by atoms with E-state index in [9.17, 15) is 13.2 Å². The van der Waals surface area contributed by atoms with Crippen LogP contribution in [0.2, 0.25) is 0 Å². The first-order chi connectivity index (χ1) is 7.37. The number of alkyl halides is 3. The summed E-state index contributed by atoms with van der Waals surface area (Å²) in [6.45, 7) is 0.608. The van der Waals surface area contributed by atoms with E-state index in [4.69, 9.17) is 5.73 Å². The van der Waals surface area contributed by atoms with Crippen molar-refractivity contribution in [3.63, 3.8) is 0 Å². The Bertz CT molecular complexity index is 377. The van der Waals surface area contributed by atoms with Crippen LogP contribution in [-0.2, 0) is 6.54 Å². The molecule has 2 N–H and O–H groups in total. The fourth-order valence-electron chi connectivity index (χ4n) is 1.69. The van der Waals surface area contributed by atoms with E-state index < -0.39 is 18.8 Å². The average molecular weight is 233 g/mol. The lowest BCUT2D eigenvalue weighted by Crippen LogP contribution is -2.22. The Morgan fingerprint density at radius 1 is 1.56 bits per heavy atom. The Morgan fingerprint density at radius 3 is 2.62 bits per heavy atom. The summed E-state index contributed by atoms with van der Waals surface area (Å²) in [5, 5.41) is 4.00. The average Bonchev–Trinajstić information content (AvgIpc) is 2.86. The van der Waals surface area contributed by atoms with Crippen LogP contribution in [0.5, 0.6) is 0 Å². The monoisotopic (exact) mass is 233 g/mol. The number of hydrogen-bond acceptors (Lipinski definition) is 2. The van der Waals surface area contributed by atoms with Crippen molar-refractivity contribution in [2.45, 2.75) is 44.4 Å². The molecule has 6 heteroatoms. The number of halogens is 3. The molecule has 0 spiro atoms. The van der Waals surface area contributed by atoms with Crippen LogP contribution in [0.25, 0.3) is 0 Å². The lowest BCUT2D eigenvalue weighted by molar-refractivity contribution is -0.143. The van der Waals surface area contributed by atoms with Crippen LogP contribution in [-0.4, -0.2) is 16.0 Å². The van der Waals surface area contributed by atoms with Gasteiger partial charge in [0.15, 0.2) is 0 Å². The number of nitrogens with zero attached hydrogens (tertiary/aromatic N) is 2. The minimum atomic E-state index is -4.25. The van der Waals surface area contributed by atoms with Crippen LogP contribution in [0.3, 0.4) is 0 Å². The predicted molar refractivity (Wildman–Crippen MR) is 52.9 cm³/mol. The van der Waals surface area contributed by atoms with E-state index >= 15 is 0 Å². The van der Waals surface area contributed by atoms with E-state index in [1.54, 1.807) is 13.0 Å². The molecule has 0 aliphatic heterocycles. The van der Waals surface area contributed by atoms with Gasteiger partial charge < -0.3 is 5.73 Å². The van der Waals surface area contributed by atoms with Gasteiger partial charge in [0.1, 0.15) is 6.54 Å². The van der Waals surface area contributed by atoms with Gasteiger partial charge in [-0.1, -0.05) is 0 Å². The summed E-state index contributed by atoms with van der Waals surface area (Å²) in [5.41, 5.74) is 6.84. The summed E-state index contributed by atoms with van der Waals surface area (Å²) in [5.74, 6) is 0.340. The Morgan fingerprint density at radius 2 is 2.19 bits per heavy atom. The van der Waals surface area contributed by atoms with Gasteiger partial charge in [0.05, 0.1) is 11.4 Å². The van der Waals surface area contributed by atoms with Crippen LogP contribution in [0.4, 0.5) is 13.2 Å². The number of aromatic nitrogens is 2. The van der Waals surface area contributed by atoms with Crippen LogP contribution in [0.15, 0.2) is 6.07 Å². The summed E-state index contributed by atoms with van der Waals surface area (Å²) in [4.78, 5) is 0. The molecular formula is C10H14F3N3. The second-order valence-corrected chi connectivity index (χ2v) is 4.33. The highest BCUT2D eigenvalue weighted by molar-refractivity contribution is 5.20. The van der Waals surface area contributed by atoms with Gasteiger partial charge in [0, 0.05) is 12.0 Å². The first-order valence-corrected chi connectivity index (χ1v) is 5.27. The number of rotatable bonds is 3. The maximum atomic E-state index is 12.3. The molecule has 1 fully saturated rings. The van der Waals surface area contributed by atoms with Gasteiger partial charge in [0.25, 0.3) is 0 Å². The van der Waals surface area contributed by atoms with Crippen molar-refractivity contribution in [2.75, 3.05) is 0 Å². The quantitative estimate of drug-likeness (QED) is 0.870. The van der Waals surface area contributed by atoms with Gasteiger partial charge in [-0.3, -0.25) is 4.68 Å². The Balaban J connectivity index is 2.26. The molecule has 1 atom stereocenters. The van der Waals surface area contributed by atoms with Gasteiger partial charge in [-0.2, -0.15) is 18.3 Å². The molecule has 0 amide bonds. The molecule has 90 valence electrons. The third kappa shape index (κ3) is 2.55. The molecule has 0 aromatic carbocycles. The van der Waals surface area contributed by atoms with Gasteiger partial charge >= 0.3 is 6.18 Å². The fraction of sp³-hybridized carbons (Fsp3) is 0.700. The minimum absolute atomic E-state index is 0.340. The fourth-order valence-corrected chi connectivity index (χ4v) is 1.69. The number of hydrogen-bond donors (Lipinski definition) is 1. The van der Waals surface area contributed by atoms with Crippen molar-refractivity contribution >= 4 is 0 Å². The number of nitrogens with two attached hydrogens (primary N) is 1. The third-order valence-electron chi connectivity index (χ3n) is 2.62. The van der Waals surface area contributed by atoms with E-state index in [2.05, 4.69) is 5.10 Å². The molecule has 1 aromatic heterocycles. The van der Waals surface area contributed by atoms with Crippen molar-refractivity contribution < 1.29 is 13.2 Å². The van der Waals surface area contributed by atoms with Gasteiger partial charge in [0.2, 0.25) is 0 Å². The maximum Gasteiger partial charge on any atom is 0.408 e. The highest BCUT2D eigenvalue weighted by Crippen LogP contribution is 2.40. The summed E-state index contributed by atoms with van der Waals surface area (Å²) in [7, 11) is 0. The standard InChI is InChI=1S/C10H14F3N3/c1-6(14)9-4-8(7-2-3-7)15-16(9)5-10(11,12)13/h4,6-7H,2-3,5,14H2,1H3/t6-/m0/s1. The molecule has 16 heavy (non-hydrogen) atoms. The SMILES string of the molecule is C[C@H](N)c1cc(C2CC2)nn1CC(F)(F)F. The van der Waals surface area contributed by atoms with Crippen LogP contribution >= 0.6 is 0 Å². The molecule has 1 aromatic rings. The van der Waals surface area contributed by atoms with E-state index in [-0.39, 0.29) is 0 Å². The molecule has 2 rings (SSSR count). The van der Waals surface area contributed by atoms with Gasteiger partial charge in [-0.25, -0.2) is 0 Å². The lowest BCUT2D eigenvalue weighted by atomic mass is 10.2. The van der Waals surface area contributed by atoms with Crippen molar-refractivity contribution in [3.05, 3.63) is 17.5 Å². The Labute approximate surface area is 91.4 Å². The minimum Gasteiger partial charge on any atom is -0.323 e. The van der Waals surface area contributed by atoms with Crippen LogP contribution in [0, 0.1) is 0 Å².